The van der Waals surface area contributed by atoms with E-state index in [1.807, 2.05) is 0 Å². The van der Waals surface area contributed by atoms with Crippen molar-refractivity contribution in [1.29, 1.82) is 0 Å². The molecule has 4 heteroatoms. The molecule has 16 heavy (non-hydrogen) atoms. The largest absolute Gasteiger partial charge is 0.378 e. The molecule has 2 unspecified atom stereocenters. The van der Waals surface area contributed by atoms with Crippen molar-refractivity contribution in [2.75, 3.05) is 26.9 Å². The average molecular weight is 241 g/mol. The van der Waals surface area contributed by atoms with E-state index in [-0.39, 0.29) is 5.60 Å². The van der Waals surface area contributed by atoms with Gasteiger partial charge in [0.2, 0.25) is 0 Å². The van der Waals surface area contributed by atoms with Crippen LogP contribution in [-0.4, -0.2) is 32.5 Å². The monoisotopic (exact) mass is 241 g/mol. The Morgan fingerprint density at radius 3 is 3.12 bits per heavy atom. The highest BCUT2D eigenvalue weighted by Gasteiger charge is 2.34. The molecule has 0 amide bonds. The molecule has 2 heterocycles. The average Bonchev–Trinajstić information content (AvgIpc) is 2.98. The molecule has 0 spiro atoms. The van der Waals surface area contributed by atoms with Crippen LogP contribution in [0.2, 0.25) is 0 Å². The Morgan fingerprint density at radius 1 is 1.69 bits per heavy atom. The summed E-state index contributed by atoms with van der Waals surface area (Å²) in [6.45, 7) is 4.54. The summed E-state index contributed by atoms with van der Waals surface area (Å²) in [5.41, 5.74) is 1.22. The van der Waals surface area contributed by atoms with Gasteiger partial charge in [-0.25, -0.2) is 0 Å². The number of nitrogens with one attached hydrogen (secondary N) is 1. The molecule has 0 aliphatic carbocycles. The van der Waals surface area contributed by atoms with E-state index in [4.69, 9.17) is 9.47 Å². The van der Waals surface area contributed by atoms with Crippen LogP contribution >= 0.6 is 11.3 Å². The van der Waals surface area contributed by atoms with E-state index >= 15 is 0 Å². The summed E-state index contributed by atoms with van der Waals surface area (Å²) in [5.74, 6) is 0. The van der Waals surface area contributed by atoms with Gasteiger partial charge in [-0.05, 0) is 29.3 Å². The first-order valence-electron chi connectivity index (χ1n) is 5.64. The first-order chi connectivity index (χ1) is 7.76. The van der Waals surface area contributed by atoms with Gasteiger partial charge in [-0.3, -0.25) is 0 Å². The van der Waals surface area contributed by atoms with Gasteiger partial charge in [0.05, 0.1) is 6.61 Å². The lowest BCUT2D eigenvalue weighted by Crippen LogP contribution is -2.43. The van der Waals surface area contributed by atoms with Crippen molar-refractivity contribution >= 4 is 11.3 Å². The summed E-state index contributed by atoms with van der Waals surface area (Å²) in [6.07, 6.45) is 0.979. The zero-order chi connectivity index (χ0) is 11.4. The number of ether oxygens (including phenoxy) is 2. The Labute approximate surface area is 101 Å². The van der Waals surface area contributed by atoms with Crippen LogP contribution in [0.15, 0.2) is 16.8 Å². The van der Waals surface area contributed by atoms with Gasteiger partial charge in [-0.15, -0.1) is 0 Å². The molecule has 1 aliphatic heterocycles. The van der Waals surface area contributed by atoms with Gasteiger partial charge >= 0.3 is 0 Å². The summed E-state index contributed by atoms with van der Waals surface area (Å²) >= 11 is 1.73. The number of methoxy groups -OCH3 is 1. The molecule has 1 aromatic heterocycles. The van der Waals surface area contributed by atoms with Gasteiger partial charge < -0.3 is 14.8 Å². The van der Waals surface area contributed by atoms with Crippen LogP contribution in [0.5, 0.6) is 0 Å². The highest BCUT2D eigenvalue weighted by atomic mass is 32.1. The van der Waals surface area contributed by atoms with Crippen LogP contribution in [0.3, 0.4) is 0 Å². The van der Waals surface area contributed by atoms with Crippen molar-refractivity contribution in [3.05, 3.63) is 22.4 Å². The molecule has 1 N–H and O–H groups in total. The maximum Gasteiger partial charge on any atom is 0.106 e. The summed E-state index contributed by atoms with van der Waals surface area (Å²) in [5, 5.41) is 7.81. The van der Waals surface area contributed by atoms with Crippen LogP contribution < -0.4 is 5.32 Å². The zero-order valence-corrected chi connectivity index (χ0v) is 10.7. The van der Waals surface area contributed by atoms with E-state index in [0.717, 1.165) is 19.6 Å². The molecule has 0 bridgehead atoms. The lowest BCUT2D eigenvalue weighted by atomic mass is 10.0. The first kappa shape index (κ1) is 12.0. The third-order valence-electron chi connectivity index (χ3n) is 3.27. The predicted octanol–water partition coefficient (Wildman–Crippen LogP) is 2.20. The maximum absolute atomic E-state index is 5.58. The van der Waals surface area contributed by atoms with Crippen LogP contribution in [-0.2, 0) is 9.47 Å². The van der Waals surface area contributed by atoms with Crippen molar-refractivity contribution in [2.24, 2.45) is 0 Å². The lowest BCUT2D eigenvalue weighted by molar-refractivity contribution is -0.0172. The van der Waals surface area contributed by atoms with Gasteiger partial charge in [0.15, 0.2) is 0 Å². The number of hydrogen-bond donors (Lipinski definition) is 1. The van der Waals surface area contributed by atoms with E-state index in [1.165, 1.54) is 5.56 Å². The van der Waals surface area contributed by atoms with E-state index in [9.17, 15) is 0 Å². The first-order valence-corrected chi connectivity index (χ1v) is 6.58. The number of rotatable bonds is 5. The molecule has 0 aromatic carbocycles. The fourth-order valence-corrected chi connectivity index (χ4v) is 2.69. The van der Waals surface area contributed by atoms with E-state index in [1.54, 1.807) is 18.4 Å². The fraction of sp³-hybridized carbons (Fsp3) is 0.667. The molecule has 0 saturated carbocycles. The molecule has 3 nitrogen and oxygen atoms in total. The molecule has 90 valence electrons. The Hall–Kier alpha value is -0.420. The molecular formula is C12H19NO2S. The Kier molecular flexibility index (Phi) is 3.97. The number of thiophene rings is 1. The van der Waals surface area contributed by atoms with Gasteiger partial charge in [-0.2, -0.15) is 11.3 Å². The molecule has 1 saturated heterocycles. The molecular weight excluding hydrogens is 222 g/mol. The second-order valence-electron chi connectivity index (χ2n) is 4.35. The van der Waals surface area contributed by atoms with Crippen molar-refractivity contribution in [2.45, 2.75) is 25.0 Å². The lowest BCUT2D eigenvalue weighted by Gasteiger charge is -2.27. The summed E-state index contributed by atoms with van der Waals surface area (Å²) in [6, 6.07) is 2.53. The smallest absolute Gasteiger partial charge is 0.106 e. The molecule has 2 rings (SSSR count). The van der Waals surface area contributed by atoms with Crippen molar-refractivity contribution in [1.82, 2.24) is 5.32 Å². The molecule has 1 aliphatic rings. The van der Waals surface area contributed by atoms with Gasteiger partial charge in [-0.1, -0.05) is 0 Å². The predicted molar refractivity (Wildman–Crippen MR) is 65.9 cm³/mol. The summed E-state index contributed by atoms with van der Waals surface area (Å²) in [4.78, 5) is 0. The number of hydrogen-bond acceptors (Lipinski definition) is 4. The third-order valence-corrected chi connectivity index (χ3v) is 3.98. The minimum Gasteiger partial charge on any atom is -0.378 e. The van der Waals surface area contributed by atoms with E-state index < -0.39 is 0 Å². The summed E-state index contributed by atoms with van der Waals surface area (Å²) in [7, 11) is 1.77. The van der Waals surface area contributed by atoms with Crippen LogP contribution in [0.25, 0.3) is 0 Å². The summed E-state index contributed by atoms with van der Waals surface area (Å²) < 4.78 is 11.0. The molecule has 2 atom stereocenters. The van der Waals surface area contributed by atoms with E-state index in [0.29, 0.717) is 12.6 Å². The quantitative estimate of drug-likeness (QED) is 0.857. The fourth-order valence-electron chi connectivity index (χ4n) is 1.94. The highest BCUT2D eigenvalue weighted by Crippen LogP contribution is 2.23. The van der Waals surface area contributed by atoms with Crippen LogP contribution in [0, 0.1) is 0 Å². The van der Waals surface area contributed by atoms with Crippen molar-refractivity contribution in [3.8, 4) is 0 Å². The Morgan fingerprint density at radius 2 is 2.56 bits per heavy atom. The molecule has 1 fully saturated rings. The molecule has 1 aromatic rings. The van der Waals surface area contributed by atoms with Crippen LogP contribution in [0.1, 0.15) is 24.9 Å². The Bertz CT molecular complexity index is 307. The van der Waals surface area contributed by atoms with Crippen molar-refractivity contribution in [3.63, 3.8) is 0 Å². The SMILES string of the molecule is COC1(CNC(C)c2ccsc2)CCOC1. The van der Waals surface area contributed by atoms with Crippen molar-refractivity contribution < 1.29 is 9.47 Å². The maximum atomic E-state index is 5.58. The minimum atomic E-state index is -0.121. The molecule has 0 radical (unpaired) electrons. The van der Waals surface area contributed by atoms with Gasteiger partial charge in [0.1, 0.15) is 5.60 Å². The Balaban J connectivity index is 1.86. The second-order valence-corrected chi connectivity index (χ2v) is 5.13. The normalized spacial score (nSPS) is 27.1. The van der Waals surface area contributed by atoms with Gasteiger partial charge in [0.25, 0.3) is 0 Å². The third kappa shape index (κ3) is 2.63. The second kappa shape index (κ2) is 5.27. The van der Waals surface area contributed by atoms with E-state index in [2.05, 4.69) is 29.1 Å². The standard InChI is InChI=1S/C12H19NO2S/c1-10(11-3-6-16-7-11)13-8-12(14-2)4-5-15-9-12/h3,6-7,10,13H,4-5,8-9H2,1-2H3. The van der Waals surface area contributed by atoms with Crippen LogP contribution in [0.4, 0.5) is 0 Å². The minimum absolute atomic E-state index is 0.121. The topological polar surface area (TPSA) is 30.5 Å². The zero-order valence-electron chi connectivity index (χ0n) is 9.86. The van der Waals surface area contributed by atoms with Gasteiger partial charge in [0, 0.05) is 32.7 Å². The highest BCUT2D eigenvalue weighted by molar-refractivity contribution is 7.07.